The summed E-state index contributed by atoms with van der Waals surface area (Å²) >= 11 is 0. The molecule has 2 heteroatoms. The highest BCUT2D eigenvalue weighted by molar-refractivity contribution is 5.43. The molecule has 0 radical (unpaired) electrons. The zero-order chi connectivity index (χ0) is 14.1. The lowest BCUT2D eigenvalue weighted by Gasteiger charge is -2.16. The predicted octanol–water partition coefficient (Wildman–Crippen LogP) is 3.57. The number of methoxy groups -OCH3 is 1. The molecule has 0 saturated heterocycles. The largest absolute Gasteiger partial charge is 0.497 e. The van der Waals surface area contributed by atoms with E-state index in [-0.39, 0.29) is 0 Å². The zero-order valence-corrected chi connectivity index (χ0v) is 12.0. The second kappa shape index (κ2) is 5.29. The summed E-state index contributed by atoms with van der Waals surface area (Å²) in [5.41, 5.74) is 5.82. The van der Waals surface area contributed by atoms with Crippen molar-refractivity contribution in [2.75, 3.05) is 7.11 Å². The van der Waals surface area contributed by atoms with Crippen molar-refractivity contribution < 1.29 is 9.84 Å². The average molecular weight is 268 g/mol. The lowest BCUT2D eigenvalue weighted by molar-refractivity contribution is 0.219. The molecule has 104 valence electrons. The molecule has 3 rings (SSSR count). The lowest BCUT2D eigenvalue weighted by Crippen LogP contribution is -2.03. The van der Waals surface area contributed by atoms with Gasteiger partial charge in [0.05, 0.1) is 7.11 Å². The number of aliphatic hydroxyl groups is 1. The van der Waals surface area contributed by atoms with Crippen molar-refractivity contribution in [3.8, 4) is 5.75 Å². The molecule has 1 atom stereocenters. The molecule has 0 saturated carbocycles. The van der Waals surface area contributed by atoms with E-state index < -0.39 is 6.10 Å². The monoisotopic (exact) mass is 268 g/mol. The first-order valence-corrected chi connectivity index (χ1v) is 7.13. The maximum atomic E-state index is 10.6. The van der Waals surface area contributed by atoms with E-state index in [0.717, 1.165) is 28.9 Å². The minimum atomic E-state index is -0.563. The van der Waals surface area contributed by atoms with Crippen LogP contribution in [-0.2, 0) is 12.8 Å². The smallest absolute Gasteiger partial charge is 0.119 e. The van der Waals surface area contributed by atoms with Gasteiger partial charge in [0.2, 0.25) is 0 Å². The highest BCUT2D eigenvalue weighted by Crippen LogP contribution is 2.30. The van der Waals surface area contributed by atoms with Gasteiger partial charge in [-0.25, -0.2) is 0 Å². The van der Waals surface area contributed by atoms with Crippen LogP contribution in [-0.4, -0.2) is 12.2 Å². The molecule has 0 spiro atoms. The van der Waals surface area contributed by atoms with Gasteiger partial charge in [0.1, 0.15) is 11.9 Å². The first-order valence-electron chi connectivity index (χ1n) is 7.13. The summed E-state index contributed by atoms with van der Waals surface area (Å²) in [6.45, 7) is 2.01. The summed E-state index contributed by atoms with van der Waals surface area (Å²) in [5, 5.41) is 10.6. The number of ether oxygens (including phenoxy) is 1. The van der Waals surface area contributed by atoms with E-state index in [9.17, 15) is 5.11 Å². The summed E-state index contributed by atoms with van der Waals surface area (Å²) in [4.78, 5) is 0. The van der Waals surface area contributed by atoms with Gasteiger partial charge >= 0.3 is 0 Å². The molecule has 2 aromatic carbocycles. The summed E-state index contributed by atoms with van der Waals surface area (Å²) in [5.74, 6) is 0.826. The number of rotatable bonds is 3. The van der Waals surface area contributed by atoms with Crippen molar-refractivity contribution in [1.82, 2.24) is 0 Å². The third-order valence-electron chi connectivity index (χ3n) is 4.21. The molecule has 0 heterocycles. The average Bonchev–Trinajstić information content (AvgIpc) is 2.93. The van der Waals surface area contributed by atoms with Gasteiger partial charge in [0.15, 0.2) is 0 Å². The Hall–Kier alpha value is -1.80. The van der Waals surface area contributed by atoms with Crippen LogP contribution in [0.25, 0.3) is 0 Å². The van der Waals surface area contributed by atoms with E-state index in [2.05, 4.69) is 18.2 Å². The number of benzene rings is 2. The van der Waals surface area contributed by atoms with Crippen LogP contribution in [0, 0.1) is 6.92 Å². The van der Waals surface area contributed by atoms with Gasteiger partial charge in [-0.15, -0.1) is 0 Å². The molecule has 0 bridgehead atoms. The van der Waals surface area contributed by atoms with Gasteiger partial charge in [-0.05, 0) is 66.1 Å². The maximum Gasteiger partial charge on any atom is 0.119 e. The molecule has 1 N–H and O–H groups in total. The molecule has 0 aliphatic heterocycles. The number of hydrogen-bond donors (Lipinski definition) is 1. The van der Waals surface area contributed by atoms with Gasteiger partial charge < -0.3 is 9.84 Å². The first kappa shape index (κ1) is 13.2. The third kappa shape index (κ3) is 2.32. The minimum absolute atomic E-state index is 0.563. The number of hydrogen-bond acceptors (Lipinski definition) is 2. The minimum Gasteiger partial charge on any atom is -0.497 e. The fraction of sp³-hybridized carbons (Fsp3) is 0.333. The Balaban J connectivity index is 1.94. The van der Waals surface area contributed by atoms with Crippen molar-refractivity contribution in [3.05, 3.63) is 64.2 Å². The van der Waals surface area contributed by atoms with Crippen molar-refractivity contribution in [3.63, 3.8) is 0 Å². The van der Waals surface area contributed by atoms with E-state index in [1.54, 1.807) is 7.11 Å². The molecule has 1 aliphatic rings. The van der Waals surface area contributed by atoms with Crippen LogP contribution in [0.2, 0.25) is 0 Å². The second-order valence-corrected chi connectivity index (χ2v) is 5.51. The Labute approximate surface area is 120 Å². The quantitative estimate of drug-likeness (QED) is 0.922. The van der Waals surface area contributed by atoms with Crippen molar-refractivity contribution in [2.24, 2.45) is 0 Å². The van der Waals surface area contributed by atoms with Crippen LogP contribution < -0.4 is 4.74 Å². The molecule has 2 aromatic rings. The Morgan fingerprint density at radius 1 is 1.05 bits per heavy atom. The van der Waals surface area contributed by atoms with E-state index in [4.69, 9.17) is 4.74 Å². The first-order chi connectivity index (χ1) is 9.69. The van der Waals surface area contributed by atoms with E-state index >= 15 is 0 Å². The van der Waals surface area contributed by atoms with Gasteiger partial charge in [0, 0.05) is 0 Å². The van der Waals surface area contributed by atoms with E-state index in [1.165, 1.54) is 24.0 Å². The fourth-order valence-corrected chi connectivity index (χ4v) is 3.02. The molecule has 20 heavy (non-hydrogen) atoms. The Morgan fingerprint density at radius 2 is 1.85 bits per heavy atom. The van der Waals surface area contributed by atoms with Gasteiger partial charge in [-0.1, -0.05) is 24.3 Å². The van der Waals surface area contributed by atoms with Gasteiger partial charge in [-0.3, -0.25) is 0 Å². The Morgan fingerprint density at radius 3 is 2.60 bits per heavy atom. The summed E-state index contributed by atoms with van der Waals surface area (Å²) < 4.78 is 5.21. The highest BCUT2D eigenvalue weighted by Gasteiger charge is 2.17. The number of aryl methyl sites for hydroxylation is 3. The van der Waals surface area contributed by atoms with E-state index in [0.29, 0.717) is 0 Å². The molecule has 0 aromatic heterocycles. The van der Waals surface area contributed by atoms with E-state index in [1.807, 2.05) is 25.1 Å². The predicted molar refractivity (Wildman–Crippen MR) is 80.3 cm³/mol. The van der Waals surface area contributed by atoms with Crippen LogP contribution in [0.4, 0.5) is 0 Å². The van der Waals surface area contributed by atoms with Crippen molar-refractivity contribution in [2.45, 2.75) is 32.3 Å². The van der Waals surface area contributed by atoms with Crippen LogP contribution in [0.1, 0.15) is 40.3 Å². The van der Waals surface area contributed by atoms with Crippen molar-refractivity contribution >= 4 is 0 Å². The topological polar surface area (TPSA) is 29.5 Å². The molecule has 0 amide bonds. The molecular weight excluding hydrogens is 248 g/mol. The molecule has 2 nitrogen and oxygen atoms in total. The fourth-order valence-electron chi connectivity index (χ4n) is 3.02. The van der Waals surface area contributed by atoms with Crippen LogP contribution >= 0.6 is 0 Å². The van der Waals surface area contributed by atoms with Gasteiger partial charge in [-0.2, -0.15) is 0 Å². The Kier molecular flexibility index (Phi) is 3.49. The van der Waals surface area contributed by atoms with Crippen LogP contribution in [0.15, 0.2) is 36.4 Å². The second-order valence-electron chi connectivity index (χ2n) is 5.51. The standard InChI is InChI=1S/C18H20O2/c1-12-10-16(20-2)8-9-17(12)18(19)15-7-6-13-4-3-5-14(13)11-15/h6-11,18-19H,3-5H2,1-2H3. The Bertz CT molecular complexity index is 631. The highest BCUT2D eigenvalue weighted by atomic mass is 16.5. The summed E-state index contributed by atoms with van der Waals surface area (Å²) in [6.07, 6.45) is 2.98. The summed E-state index contributed by atoms with van der Waals surface area (Å²) in [7, 11) is 1.66. The molecular formula is C18H20O2. The van der Waals surface area contributed by atoms with Crippen molar-refractivity contribution in [1.29, 1.82) is 0 Å². The molecule has 1 unspecified atom stereocenters. The number of aliphatic hydroxyl groups excluding tert-OH is 1. The molecule has 0 fully saturated rings. The number of fused-ring (bicyclic) bond motifs is 1. The molecule has 1 aliphatic carbocycles. The third-order valence-corrected chi connectivity index (χ3v) is 4.21. The lowest BCUT2D eigenvalue weighted by atomic mass is 9.95. The summed E-state index contributed by atoms with van der Waals surface area (Å²) in [6, 6.07) is 12.2. The van der Waals surface area contributed by atoms with Crippen LogP contribution in [0.5, 0.6) is 5.75 Å². The normalized spacial score (nSPS) is 14.9. The zero-order valence-electron chi connectivity index (χ0n) is 12.0. The van der Waals surface area contributed by atoms with Crippen LogP contribution in [0.3, 0.4) is 0 Å². The van der Waals surface area contributed by atoms with Gasteiger partial charge in [0.25, 0.3) is 0 Å². The SMILES string of the molecule is COc1ccc(C(O)c2ccc3c(c2)CCC3)c(C)c1. The maximum absolute atomic E-state index is 10.6.